The Hall–Kier alpha value is -2.19. The highest BCUT2D eigenvalue weighted by Gasteiger charge is 2.18. The Morgan fingerprint density at radius 3 is 2.26 bits per heavy atom. The summed E-state index contributed by atoms with van der Waals surface area (Å²) in [5, 5.41) is 11.2. The van der Waals surface area contributed by atoms with Crippen molar-refractivity contribution in [1.29, 1.82) is 0 Å². The van der Waals surface area contributed by atoms with Gasteiger partial charge in [-0.1, -0.05) is 61.4 Å². The van der Waals surface area contributed by atoms with Crippen molar-refractivity contribution < 1.29 is 5.11 Å². The minimum absolute atomic E-state index is 0.00761. The van der Waals surface area contributed by atoms with Crippen LogP contribution in [0.25, 0.3) is 22.0 Å². The zero-order chi connectivity index (χ0) is 16.6. The first-order valence-corrected chi connectivity index (χ1v) is 8.12. The molecule has 1 N–H and O–H groups in total. The van der Waals surface area contributed by atoms with E-state index in [0.29, 0.717) is 0 Å². The fourth-order valence-corrected chi connectivity index (χ4v) is 3.36. The molecule has 0 saturated carbocycles. The average molecular weight is 305 g/mol. The van der Waals surface area contributed by atoms with E-state index in [4.69, 9.17) is 4.98 Å². The van der Waals surface area contributed by atoms with Gasteiger partial charge in [-0.05, 0) is 37.0 Å². The molecule has 1 aromatic heterocycles. The number of aromatic nitrogens is 1. The van der Waals surface area contributed by atoms with Gasteiger partial charge in [0, 0.05) is 16.6 Å². The van der Waals surface area contributed by atoms with Crippen LogP contribution in [0.3, 0.4) is 0 Å². The molecule has 23 heavy (non-hydrogen) atoms. The standard InChI is InChI=1S/C21H23NO/c1-13(2)21-18(12-23)20(16-10-14(3)9-15(4)11-16)17-7-5-6-8-19(17)22-21/h5-11,13,23H,12H2,1-4H3. The largest absolute Gasteiger partial charge is 0.392 e. The molecule has 0 amide bonds. The molecule has 0 aliphatic rings. The first-order chi connectivity index (χ1) is 11.0. The molecule has 2 heteroatoms. The maximum absolute atomic E-state index is 10.1. The molecule has 2 aromatic carbocycles. The van der Waals surface area contributed by atoms with Crippen molar-refractivity contribution in [2.24, 2.45) is 0 Å². The molecule has 1 heterocycles. The van der Waals surface area contributed by atoms with Gasteiger partial charge in [0.1, 0.15) is 0 Å². The molecule has 0 radical (unpaired) electrons. The molecular formula is C21H23NO. The summed E-state index contributed by atoms with van der Waals surface area (Å²) >= 11 is 0. The lowest BCUT2D eigenvalue weighted by Gasteiger charge is -2.19. The number of rotatable bonds is 3. The maximum Gasteiger partial charge on any atom is 0.0711 e. The van der Waals surface area contributed by atoms with E-state index in [1.807, 2.05) is 12.1 Å². The van der Waals surface area contributed by atoms with E-state index >= 15 is 0 Å². The van der Waals surface area contributed by atoms with Gasteiger partial charge < -0.3 is 5.11 Å². The Morgan fingerprint density at radius 1 is 1.00 bits per heavy atom. The van der Waals surface area contributed by atoms with Crippen LogP contribution in [-0.4, -0.2) is 10.1 Å². The first kappa shape index (κ1) is 15.7. The summed E-state index contributed by atoms with van der Waals surface area (Å²) in [5.74, 6) is 0.270. The smallest absolute Gasteiger partial charge is 0.0711 e. The molecule has 118 valence electrons. The lowest BCUT2D eigenvalue weighted by molar-refractivity contribution is 0.280. The van der Waals surface area contributed by atoms with Crippen molar-refractivity contribution in [2.75, 3.05) is 0 Å². The van der Waals surface area contributed by atoms with E-state index in [9.17, 15) is 5.11 Å². The van der Waals surface area contributed by atoms with Crippen molar-refractivity contribution in [2.45, 2.75) is 40.2 Å². The Kier molecular flexibility index (Phi) is 4.18. The molecule has 0 fully saturated rings. The van der Waals surface area contributed by atoms with Crippen LogP contribution in [-0.2, 0) is 6.61 Å². The fourth-order valence-electron chi connectivity index (χ4n) is 3.36. The van der Waals surface area contributed by atoms with Gasteiger partial charge in [0.25, 0.3) is 0 Å². The second kappa shape index (κ2) is 6.13. The van der Waals surface area contributed by atoms with E-state index in [1.165, 1.54) is 11.1 Å². The SMILES string of the molecule is Cc1cc(C)cc(-c2c(CO)c(C(C)C)nc3ccccc23)c1. The zero-order valence-corrected chi connectivity index (χ0v) is 14.2. The third kappa shape index (κ3) is 2.87. The molecule has 3 aromatic rings. The number of pyridine rings is 1. The highest BCUT2D eigenvalue weighted by Crippen LogP contribution is 2.36. The average Bonchev–Trinajstić information content (AvgIpc) is 2.51. The van der Waals surface area contributed by atoms with E-state index in [1.54, 1.807) is 0 Å². The summed E-state index contributed by atoms with van der Waals surface area (Å²) in [7, 11) is 0. The molecule has 0 aliphatic heterocycles. The number of benzene rings is 2. The van der Waals surface area contributed by atoms with Gasteiger partial charge in [0.05, 0.1) is 12.1 Å². The van der Waals surface area contributed by atoms with Crippen molar-refractivity contribution in [3.05, 3.63) is 64.8 Å². The van der Waals surface area contributed by atoms with Crippen LogP contribution in [0, 0.1) is 13.8 Å². The van der Waals surface area contributed by atoms with E-state index in [-0.39, 0.29) is 12.5 Å². The lowest BCUT2D eigenvalue weighted by Crippen LogP contribution is -2.04. The number of hydrogen-bond donors (Lipinski definition) is 1. The Balaban J connectivity index is 2.45. The predicted octanol–water partition coefficient (Wildman–Crippen LogP) is 5.13. The Bertz CT molecular complexity index is 845. The molecule has 0 saturated heterocycles. The zero-order valence-electron chi connectivity index (χ0n) is 14.2. The van der Waals surface area contributed by atoms with Crippen LogP contribution in [0.2, 0.25) is 0 Å². The number of fused-ring (bicyclic) bond motifs is 1. The van der Waals surface area contributed by atoms with Gasteiger partial charge in [0.2, 0.25) is 0 Å². The summed E-state index contributed by atoms with van der Waals surface area (Å²) in [6.45, 7) is 8.49. The van der Waals surface area contributed by atoms with Gasteiger partial charge in [-0.25, -0.2) is 0 Å². The van der Waals surface area contributed by atoms with Gasteiger partial charge >= 0.3 is 0 Å². The maximum atomic E-state index is 10.1. The topological polar surface area (TPSA) is 33.1 Å². The first-order valence-electron chi connectivity index (χ1n) is 8.12. The van der Waals surface area contributed by atoms with Crippen LogP contribution >= 0.6 is 0 Å². The van der Waals surface area contributed by atoms with Crippen LogP contribution in [0.1, 0.15) is 42.1 Å². The number of aliphatic hydroxyl groups excluding tert-OH is 1. The number of hydrogen-bond acceptors (Lipinski definition) is 2. The second-order valence-corrected chi connectivity index (χ2v) is 6.56. The van der Waals surface area contributed by atoms with Crippen molar-refractivity contribution in [1.82, 2.24) is 4.98 Å². The highest BCUT2D eigenvalue weighted by atomic mass is 16.3. The van der Waals surface area contributed by atoms with Crippen LogP contribution in [0.15, 0.2) is 42.5 Å². The third-order valence-corrected chi connectivity index (χ3v) is 4.24. The number of aliphatic hydroxyl groups is 1. The lowest BCUT2D eigenvalue weighted by atomic mass is 9.90. The molecule has 3 rings (SSSR count). The normalized spacial score (nSPS) is 11.4. The van der Waals surface area contributed by atoms with Crippen LogP contribution in [0.5, 0.6) is 0 Å². The van der Waals surface area contributed by atoms with Gasteiger partial charge in [-0.3, -0.25) is 4.98 Å². The second-order valence-electron chi connectivity index (χ2n) is 6.56. The molecule has 0 aliphatic carbocycles. The number of para-hydroxylation sites is 1. The molecule has 0 unspecified atom stereocenters. The monoisotopic (exact) mass is 305 g/mol. The Labute approximate surface area is 137 Å². The molecule has 0 spiro atoms. The highest BCUT2D eigenvalue weighted by molar-refractivity contribution is 5.97. The van der Waals surface area contributed by atoms with Crippen LogP contribution < -0.4 is 0 Å². The van der Waals surface area contributed by atoms with E-state index in [0.717, 1.165) is 33.3 Å². The van der Waals surface area contributed by atoms with Crippen molar-refractivity contribution in [3.8, 4) is 11.1 Å². The summed E-state index contributed by atoms with van der Waals surface area (Å²) < 4.78 is 0. The van der Waals surface area contributed by atoms with E-state index in [2.05, 4.69) is 58.0 Å². The van der Waals surface area contributed by atoms with Gasteiger partial charge in [0.15, 0.2) is 0 Å². The minimum atomic E-state index is 0.00761. The predicted molar refractivity (Wildman–Crippen MR) is 96.7 cm³/mol. The fraction of sp³-hybridized carbons (Fsp3) is 0.286. The van der Waals surface area contributed by atoms with Crippen LogP contribution in [0.4, 0.5) is 0 Å². The minimum Gasteiger partial charge on any atom is -0.392 e. The molecule has 2 nitrogen and oxygen atoms in total. The summed E-state index contributed by atoms with van der Waals surface area (Å²) in [4.78, 5) is 4.82. The quantitative estimate of drug-likeness (QED) is 0.727. The number of nitrogens with zero attached hydrogens (tertiary/aromatic N) is 1. The Morgan fingerprint density at radius 2 is 1.65 bits per heavy atom. The van der Waals surface area contributed by atoms with E-state index < -0.39 is 0 Å². The molecular weight excluding hydrogens is 282 g/mol. The van der Waals surface area contributed by atoms with Gasteiger partial charge in [-0.2, -0.15) is 0 Å². The molecule has 0 atom stereocenters. The van der Waals surface area contributed by atoms with Crippen molar-refractivity contribution >= 4 is 10.9 Å². The summed E-state index contributed by atoms with van der Waals surface area (Å²) in [6, 6.07) is 14.8. The van der Waals surface area contributed by atoms with Crippen molar-refractivity contribution in [3.63, 3.8) is 0 Å². The third-order valence-electron chi connectivity index (χ3n) is 4.24. The van der Waals surface area contributed by atoms with Gasteiger partial charge in [-0.15, -0.1) is 0 Å². The summed E-state index contributed by atoms with van der Waals surface area (Å²) in [5.41, 5.74) is 7.67. The number of aryl methyl sites for hydroxylation is 2. The summed E-state index contributed by atoms with van der Waals surface area (Å²) in [6.07, 6.45) is 0. The molecule has 0 bridgehead atoms.